The maximum Gasteiger partial charge on any atom is 0.137 e. The second-order valence-corrected chi connectivity index (χ2v) is 5.59. The van der Waals surface area contributed by atoms with Crippen molar-refractivity contribution in [3.8, 4) is 5.75 Å². The summed E-state index contributed by atoms with van der Waals surface area (Å²) >= 11 is 6.06. The molecule has 0 bridgehead atoms. The third kappa shape index (κ3) is 2.82. The van der Waals surface area contributed by atoms with E-state index in [4.69, 9.17) is 22.1 Å². The van der Waals surface area contributed by atoms with Crippen LogP contribution < -0.4 is 10.5 Å². The van der Waals surface area contributed by atoms with Gasteiger partial charge in [0.05, 0.1) is 18.2 Å². The fraction of sp³-hybridized carbons (Fsp3) is 0.294. The van der Waals surface area contributed by atoms with Crippen LogP contribution in [0.15, 0.2) is 30.3 Å². The molecule has 2 aromatic carbocycles. The average Bonchev–Trinajstić information content (AvgIpc) is 2.37. The molecule has 0 saturated carbocycles. The van der Waals surface area contributed by atoms with E-state index in [9.17, 15) is 0 Å². The topological polar surface area (TPSA) is 35.2 Å². The average molecular weight is 290 g/mol. The van der Waals surface area contributed by atoms with Crippen molar-refractivity contribution in [2.45, 2.75) is 26.8 Å². The Hall–Kier alpha value is -1.51. The zero-order valence-corrected chi connectivity index (χ0v) is 13.1. The molecule has 1 atom stereocenters. The van der Waals surface area contributed by atoms with Crippen molar-refractivity contribution < 1.29 is 4.74 Å². The smallest absolute Gasteiger partial charge is 0.137 e. The van der Waals surface area contributed by atoms with Crippen LogP contribution in [0.2, 0.25) is 5.02 Å². The molecule has 0 aromatic heterocycles. The first kappa shape index (κ1) is 14.9. The van der Waals surface area contributed by atoms with Gasteiger partial charge >= 0.3 is 0 Å². The van der Waals surface area contributed by atoms with Crippen molar-refractivity contribution >= 4 is 11.6 Å². The minimum absolute atomic E-state index is 0.179. The molecule has 2 aromatic rings. The minimum Gasteiger partial charge on any atom is -0.495 e. The van der Waals surface area contributed by atoms with Crippen molar-refractivity contribution in [1.29, 1.82) is 0 Å². The molecule has 1 unspecified atom stereocenters. The van der Waals surface area contributed by atoms with Crippen LogP contribution in [-0.2, 0) is 0 Å². The zero-order chi connectivity index (χ0) is 14.9. The standard InChI is InChI=1S/C17H20ClNO/c1-10-7-11(2)16(12(3)8-10)17(19)13-5-6-14(18)15(9-13)20-4/h5-9,17H,19H2,1-4H3. The van der Waals surface area contributed by atoms with E-state index in [-0.39, 0.29) is 6.04 Å². The van der Waals surface area contributed by atoms with Crippen LogP contribution in [0.25, 0.3) is 0 Å². The summed E-state index contributed by atoms with van der Waals surface area (Å²) in [6.07, 6.45) is 0. The van der Waals surface area contributed by atoms with Gasteiger partial charge in [-0.2, -0.15) is 0 Å². The minimum atomic E-state index is -0.179. The molecular weight excluding hydrogens is 270 g/mol. The van der Waals surface area contributed by atoms with E-state index in [1.165, 1.54) is 22.3 Å². The number of nitrogens with two attached hydrogens (primary N) is 1. The molecule has 3 heteroatoms. The molecule has 0 saturated heterocycles. The molecule has 106 valence electrons. The molecule has 0 spiro atoms. The van der Waals surface area contributed by atoms with Crippen LogP contribution in [-0.4, -0.2) is 7.11 Å². The third-order valence-electron chi connectivity index (χ3n) is 3.58. The van der Waals surface area contributed by atoms with Gasteiger partial charge in [0.1, 0.15) is 5.75 Å². The first-order valence-corrected chi connectivity index (χ1v) is 6.98. The largest absolute Gasteiger partial charge is 0.495 e. The summed E-state index contributed by atoms with van der Waals surface area (Å²) in [4.78, 5) is 0. The third-order valence-corrected chi connectivity index (χ3v) is 3.90. The van der Waals surface area contributed by atoms with E-state index in [1.54, 1.807) is 7.11 Å². The van der Waals surface area contributed by atoms with Crippen LogP contribution in [0.1, 0.15) is 33.9 Å². The highest BCUT2D eigenvalue weighted by atomic mass is 35.5. The van der Waals surface area contributed by atoms with Gasteiger partial charge in [-0.3, -0.25) is 0 Å². The van der Waals surface area contributed by atoms with Gasteiger partial charge in [-0.15, -0.1) is 0 Å². The first-order chi connectivity index (χ1) is 9.43. The van der Waals surface area contributed by atoms with Crippen LogP contribution in [0.4, 0.5) is 0 Å². The van der Waals surface area contributed by atoms with Crippen molar-refractivity contribution in [2.75, 3.05) is 7.11 Å². The lowest BCUT2D eigenvalue weighted by molar-refractivity contribution is 0.414. The fourth-order valence-electron chi connectivity index (χ4n) is 2.72. The predicted octanol–water partition coefficient (Wildman–Crippen LogP) is 4.32. The van der Waals surface area contributed by atoms with Gasteiger partial charge in [-0.1, -0.05) is 35.4 Å². The number of halogens is 1. The number of methoxy groups -OCH3 is 1. The number of rotatable bonds is 3. The molecule has 0 heterocycles. The van der Waals surface area contributed by atoms with Crippen molar-refractivity contribution in [1.82, 2.24) is 0 Å². The van der Waals surface area contributed by atoms with E-state index in [0.717, 1.165) is 5.56 Å². The fourth-order valence-corrected chi connectivity index (χ4v) is 2.91. The molecule has 0 radical (unpaired) electrons. The van der Waals surface area contributed by atoms with E-state index in [2.05, 4.69) is 32.9 Å². The van der Waals surface area contributed by atoms with Crippen molar-refractivity contribution in [2.24, 2.45) is 5.73 Å². The van der Waals surface area contributed by atoms with E-state index < -0.39 is 0 Å². The summed E-state index contributed by atoms with van der Waals surface area (Å²) in [5, 5.41) is 0.598. The molecule has 0 fully saturated rings. The Kier molecular flexibility index (Phi) is 4.36. The highest BCUT2D eigenvalue weighted by molar-refractivity contribution is 6.32. The summed E-state index contributed by atoms with van der Waals surface area (Å²) in [5.74, 6) is 0.655. The molecule has 0 amide bonds. The molecule has 2 nitrogen and oxygen atoms in total. The SMILES string of the molecule is COc1cc(C(N)c2c(C)cc(C)cc2C)ccc1Cl. The molecule has 20 heavy (non-hydrogen) atoms. The lowest BCUT2D eigenvalue weighted by Crippen LogP contribution is -2.15. The van der Waals surface area contributed by atoms with Gasteiger partial charge in [-0.25, -0.2) is 0 Å². The van der Waals surface area contributed by atoms with Gasteiger partial charge in [0.25, 0.3) is 0 Å². The zero-order valence-electron chi connectivity index (χ0n) is 12.3. The number of aryl methyl sites for hydroxylation is 3. The van der Waals surface area contributed by atoms with Gasteiger partial charge in [-0.05, 0) is 55.2 Å². The molecule has 2 rings (SSSR count). The highest BCUT2D eigenvalue weighted by Gasteiger charge is 2.16. The van der Waals surface area contributed by atoms with Crippen LogP contribution in [0, 0.1) is 20.8 Å². The molecule has 0 aliphatic carbocycles. The Labute approximate surface area is 125 Å². The second-order valence-electron chi connectivity index (χ2n) is 5.18. The number of ether oxygens (including phenoxy) is 1. The van der Waals surface area contributed by atoms with Gasteiger partial charge < -0.3 is 10.5 Å². The van der Waals surface area contributed by atoms with Crippen molar-refractivity contribution in [3.63, 3.8) is 0 Å². The summed E-state index contributed by atoms with van der Waals surface area (Å²) in [6.45, 7) is 6.30. The highest BCUT2D eigenvalue weighted by Crippen LogP contribution is 2.32. The van der Waals surface area contributed by atoms with E-state index in [0.29, 0.717) is 10.8 Å². The lowest BCUT2D eigenvalue weighted by Gasteiger charge is -2.19. The summed E-state index contributed by atoms with van der Waals surface area (Å²) in [5.41, 5.74) is 12.3. The predicted molar refractivity (Wildman–Crippen MR) is 84.7 cm³/mol. The van der Waals surface area contributed by atoms with Crippen LogP contribution in [0.5, 0.6) is 5.75 Å². The summed E-state index contributed by atoms with van der Waals surface area (Å²) in [7, 11) is 1.61. The molecular formula is C17H20ClNO. The van der Waals surface area contributed by atoms with Crippen molar-refractivity contribution in [3.05, 3.63) is 63.2 Å². The maximum absolute atomic E-state index is 6.44. The number of benzene rings is 2. The Balaban J connectivity index is 2.49. The van der Waals surface area contributed by atoms with E-state index >= 15 is 0 Å². The Morgan fingerprint density at radius 1 is 1.05 bits per heavy atom. The Morgan fingerprint density at radius 2 is 1.65 bits per heavy atom. The van der Waals surface area contributed by atoms with Gasteiger partial charge in [0.15, 0.2) is 0 Å². The molecule has 0 aliphatic heterocycles. The number of hydrogen-bond donors (Lipinski definition) is 1. The van der Waals surface area contributed by atoms with Crippen LogP contribution >= 0.6 is 11.6 Å². The maximum atomic E-state index is 6.44. The van der Waals surface area contributed by atoms with Gasteiger partial charge in [0, 0.05) is 0 Å². The number of hydrogen-bond acceptors (Lipinski definition) is 2. The Bertz CT molecular complexity index is 614. The monoisotopic (exact) mass is 289 g/mol. The summed E-state index contributed by atoms with van der Waals surface area (Å²) < 4.78 is 5.26. The molecule has 0 aliphatic rings. The second kappa shape index (κ2) is 5.86. The Morgan fingerprint density at radius 3 is 2.20 bits per heavy atom. The summed E-state index contributed by atoms with van der Waals surface area (Å²) in [6, 6.07) is 9.83. The van der Waals surface area contributed by atoms with E-state index in [1.807, 2.05) is 18.2 Å². The molecule has 2 N–H and O–H groups in total. The quantitative estimate of drug-likeness (QED) is 0.913. The normalized spacial score (nSPS) is 12.3. The van der Waals surface area contributed by atoms with Crippen LogP contribution in [0.3, 0.4) is 0 Å². The first-order valence-electron chi connectivity index (χ1n) is 6.60. The lowest BCUT2D eigenvalue weighted by atomic mass is 9.90. The van der Waals surface area contributed by atoms with Gasteiger partial charge in [0.2, 0.25) is 0 Å².